The summed E-state index contributed by atoms with van der Waals surface area (Å²) in [6.45, 7) is 4.85. The van der Waals surface area contributed by atoms with E-state index in [0.29, 0.717) is 18.0 Å². The molecule has 3 heterocycles. The molecule has 0 unspecified atom stereocenters. The SMILES string of the molecule is CCN(Cc1ccc(Br)s1)Cn1nc(-c2cccs2)n(CCC(N)=O)c1=S. The zero-order valence-electron chi connectivity index (χ0n) is 14.8. The van der Waals surface area contributed by atoms with E-state index in [0.717, 1.165) is 27.6 Å². The van der Waals surface area contributed by atoms with E-state index in [9.17, 15) is 4.79 Å². The van der Waals surface area contributed by atoms with Gasteiger partial charge in [0.05, 0.1) is 15.3 Å². The summed E-state index contributed by atoms with van der Waals surface area (Å²) in [7, 11) is 0. The molecule has 3 rings (SSSR count). The Morgan fingerprint density at radius 3 is 2.81 bits per heavy atom. The van der Waals surface area contributed by atoms with Crippen molar-refractivity contribution in [2.75, 3.05) is 6.54 Å². The molecular weight excluding hydrogens is 466 g/mol. The number of thiophene rings is 2. The minimum atomic E-state index is -0.347. The number of rotatable bonds is 9. The lowest BCUT2D eigenvalue weighted by molar-refractivity contribution is -0.118. The Balaban J connectivity index is 1.86. The first-order chi connectivity index (χ1) is 13.0. The second kappa shape index (κ2) is 9.24. The third-order valence-electron chi connectivity index (χ3n) is 4.04. The number of amides is 1. The monoisotopic (exact) mass is 485 g/mol. The molecule has 0 aliphatic rings. The molecule has 0 spiro atoms. The maximum Gasteiger partial charge on any atom is 0.219 e. The highest BCUT2D eigenvalue weighted by Gasteiger charge is 2.16. The third kappa shape index (κ3) is 5.14. The summed E-state index contributed by atoms with van der Waals surface area (Å²) in [6.07, 6.45) is 0.235. The summed E-state index contributed by atoms with van der Waals surface area (Å²) in [6, 6.07) is 8.17. The van der Waals surface area contributed by atoms with Crippen LogP contribution in [0.15, 0.2) is 33.4 Å². The van der Waals surface area contributed by atoms with Crippen molar-refractivity contribution in [3.8, 4) is 10.7 Å². The summed E-state index contributed by atoms with van der Waals surface area (Å²) in [5.41, 5.74) is 5.33. The molecule has 1 amide bonds. The fourth-order valence-electron chi connectivity index (χ4n) is 2.65. The van der Waals surface area contributed by atoms with Crippen LogP contribution in [0.5, 0.6) is 0 Å². The van der Waals surface area contributed by atoms with Gasteiger partial charge in [-0.2, -0.15) is 0 Å². The Bertz CT molecular complexity index is 960. The van der Waals surface area contributed by atoms with Gasteiger partial charge in [0.25, 0.3) is 0 Å². The van der Waals surface area contributed by atoms with Crippen LogP contribution >= 0.6 is 50.8 Å². The van der Waals surface area contributed by atoms with Crippen LogP contribution in [0.25, 0.3) is 10.7 Å². The average Bonchev–Trinajstić information content (AvgIpc) is 3.35. The third-order valence-corrected chi connectivity index (χ3v) is 6.94. The summed E-state index contributed by atoms with van der Waals surface area (Å²) in [4.78, 5) is 15.8. The van der Waals surface area contributed by atoms with Gasteiger partial charge in [-0.25, -0.2) is 4.68 Å². The lowest BCUT2D eigenvalue weighted by atomic mass is 10.4. The first-order valence-electron chi connectivity index (χ1n) is 8.44. The minimum Gasteiger partial charge on any atom is -0.370 e. The van der Waals surface area contributed by atoms with E-state index < -0.39 is 0 Å². The van der Waals surface area contributed by atoms with Crippen molar-refractivity contribution in [1.82, 2.24) is 19.2 Å². The fourth-order valence-corrected chi connectivity index (χ4v) is 5.17. The number of nitrogens with two attached hydrogens (primary N) is 1. The quantitative estimate of drug-likeness (QED) is 0.458. The molecule has 3 aromatic heterocycles. The van der Waals surface area contributed by atoms with E-state index >= 15 is 0 Å². The number of aromatic nitrogens is 3. The molecular formula is C17H20BrN5OS3. The molecule has 0 aromatic carbocycles. The first-order valence-corrected chi connectivity index (χ1v) is 11.3. The number of primary amides is 1. The summed E-state index contributed by atoms with van der Waals surface area (Å²) in [5, 5.41) is 6.75. The lowest BCUT2D eigenvalue weighted by Crippen LogP contribution is -2.26. The van der Waals surface area contributed by atoms with Gasteiger partial charge >= 0.3 is 0 Å². The zero-order valence-corrected chi connectivity index (χ0v) is 18.8. The highest BCUT2D eigenvalue weighted by Crippen LogP contribution is 2.25. The Hall–Kier alpha value is -1.33. The molecule has 2 N–H and O–H groups in total. The van der Waals surface area contributed by atoms with Gasteiger partial charge < -0.3 is 5.73 Å². The molecule has 0 atom stereocenters. The predicted molar refractivity (Wildman–Crippen MR) is 116 cm³/mol. The Kier molecular flexibility index (Phi) is 6.99. The Labute approximate surface area is 179 Å². The normalized spacial score (nSPS) is 11.4. The molecule has 0 radical (unpaired) electrons. The average molecular weight is 486 g/mol. The van der Waals surface area contributed by atoms with Crippen molar-refractivity contribution in [3.05, 3.63) is 43.1 Å². The van der Waals surface area contributed by atoms with E-state index in [1.54, 1.807) is 22.7 Å². The second-order valence-corrected chi connectivity index (χ2v) is 9.80. The van der Waals surface area contributed by atoms with E-state index in [4.69, 9.17) is 23.1 Å². The van der Waals surface area contributed by atoms with Crippen molar-refractivity contribution in [3.63, 3.8) is 0 Å². The Morgan fingerprint density at radius 2 is 2.22 bits per heavy atom. The molecule has 0 fully saturated rings. The topological polar surface area (TPSA) is 69.1 Å². The van der Waals surface area contributed by atoms with Gasteiger partial charge in [-0.1, -0.05) is 13.0 Å². The van der Waals surface area contributed by atoms with Crippen molar-refractivity contribution in [2.24, 2.45) is 5.73 Å². The maximum absolute atomic E-state index is 11.3. The van der Waals surface area contributed by atoms with Gasteiger partial charge in [0.1, 0.15) is 0 Å². The lowest BCUT2D eigenvalue weighted by Gasteiger charge is -2.19. The van der Waals surface area contributed by atoms with Crippen molar-refractivity contribution >= 4 is 56.7 Å². The van der Waals surface area contributed by atoms with Gasteiger partial charge in [-0.15, -0.1) is 27.8 Å². The van der Waals surface area contributed by atoms with Crippen LogP contribution < -0.4 is 5.73 Å². The molecule has 0 bridgehead atoms. The van der Waals surface area contributed by atoms with Crippen LogP contribution in [-0.4, -0.2) is 31.7 Å². The predicted octanol–water partition coefficient (Wildman–Crippen LogP) is 4.32. The molecule has 3 aromatic rings. The highest BCUT2D eigenvalue weighted by atomic mass is 79.9. The van der Waals surface area contributed by atoms with Gasteiger partial charge in [0.2, 0.25) is 5.91 Å². The van der Waals surface area contributed by atoms with E-state index in [1.807, 2.05) is 26.8 Å². The van der Waals surface area contributed by atoms with Gasteiger partial charge in [0, 0.05) is 24.4 Å². The molecule has 6 nitrogen and oxygen atoms in total. The van der Waals surface area contributed by atoms with Crippen LogP contribution in [0.1, 0.15) is 18.2 Å². The van der Waals surface area contributed by atoms with Crippen LogP contribution in [0.4, 0.5) is 0 Å². The first kappa shape index (κ1) is 20.4. The summed E-state index contributed by atoms with van der Waals surface area (Å²) < 4.78 is 5.46. The molecule has 27 heavy (non-hydrogen) atoms. The maximum atomic E-state index is 11.3. The van der Waals surface area contributed by atoms with Crippen LogP contribution in [0.3, 0.4) is 0 Å². The van der Waals surface area contributed by atoms with E-state index in [-0.39, 0.29) is 12.3 Å². The van der Waals surface area contributed by atoms with E-state index in [1.165, 1.54) is 4.88 Å². The molecule has 10 heteroatoms. The number of hydrogen-bond acceptors (Lipinski definition) is 6. The summed E-state index contributed by atoms with van der Waals surface area (Å²) >= 11 is 12.5. The molecule has 0 aliphatic carbocycles. The molecule has 0 aliphatic heterocycles. The van der Waals surface area contributed by atoms with Crippen molar-refractivity contribution < 1.29 is 4.79 Å². The van der Waals surface area contributed by atoms with Crippen LogP contribution in [0, 0.1) is 4.77 Å². The van der Waals surface area contributed by atoms with Gasteiger partial charge in [-0.05, 0) is 58.3 Å². The Morgan fingerprint density at radius 1 is 1.41 bits per heavy atom. The van der Waals surface area contributed by atoms with Crippen LogP contribution in [-0.2, 0) is 24.6 Å². The second-order valence-electron chi connectivity index (χ2n) is 5.94. The number of carbonyl (C=O) groups is 1. The number of nitrogens with zero attached hydrogens (tertiary/aromatic N) is 4. The fraction of sp³-hybridized carbons (Fsp3) is 0.353. The zero-order chi connectivity index (χ0) is 19.4. The number of carbonyl (C=O) groups excluding carboxylic acids is 1. The van der Waals surface area contributed by atoms with Crippen LogP contribution in [0.2, 0.25) is 0 Å². The smallest absolute Gasteiger partial charge is 0.219 e. The largest absolute Gasteiger partial charge is 0.370 e. The minimum absolute atomic E-state index is 0.235. The number of hydrogen-bond donors (Lipinski definition) is 1. The highest BCUT2D eigenvalue weighted by molar-refractivity contribution is 9.11. The summed E-state index contributed by atoms with van der Waals surface area (Å²) in [5.74, 6) is 0.436. The molecule has 144 valence electrons. The number of halogens is 1. The molecule has 0 saturated heterocycles. The van der Waals surface area contributed by atoms with Gasteiger partial charge in [0.15, 0.2) is 10.6 Å². The van der Waals surface area contributed by atoms with Gasteiger partial charge in [-0.3, -0.25) is 14.3 Å². The van der Waals surface area contributed by atoms with Crippen molar-refractivity contribution in [1.29, 1.82) is 0 Å². The standard InChI is InChI=1S/C17H20BrN5OS3/c1-2-21(10-12-5-6-14(18)27-12)11-23-17(25)22(8-7-15(19)24)16(20-23)13-4-3-9-26-13/h3-6,9H,2,7-8,10-11H2,1H3,(H2,19,24). The van der Waals surface area contributed by atoms with E-state index in [2.05, 4.69) is 39.9 Å². The van der Waals surface area contributed by atoms with Crippen molar-refractivity contribution in [2.45, 2.75) is 33.1 Å². The molecule has 0 saturated carbocycles.